The van der Waals surface area contributed by atoms with E-state index in [1.165, 1.54) is 24.2 Å². The van der Waals surface area contributed by atoms with Gasteiger partial charge in [-0.15, -0.1) is 24.0 Å². The van der Waals surface area contributed by atoms with Crippen molar-refractivity contribution in [1.29, 1.82) is 0 Å². The lowest BCUT2D eigenvalue weighted by Gasteiger charge is -2.25. The standard InChI is InChI=1S/C17H27N3OS.HI/c1-13-6-8-16(9-7-13)21-14(2)11-19-17(18-3)20-15-5-4-10-22-12-15;/h6-9,14-15H,4-5,10-12H2,1-3H3,(H2,18,19,20);1H. The fourth-order valence-electron chi connectivity index (χ4n) is 2.37. The molecule has 0 radical (unpaired) electrons. The molecule has 1 aromatic rings. The number of thioether (sulfide) groups is 1. The van der Waals surface area contributed by atoms with Crippen molar-refractivity contribution >= 4 is 41.7 Å². The predicted octanol–water partition coefficient (Wildman–Crippen LogP) is 3.44. The molecule has 6 heteroatoms. The summed E-state index contributed by atoms with van der Waals surface area (Å²) in [7, 11) is 1.82. The fraction of sp³-hybridized carbons (Fsp3) is 0.588. The quantitative estimate of drug-likeness (QED) is 0.411. The number of guanidine groups is 1. The number of hydrogen-bond acceptors (Lipinski definition) is 3. The number of nitrogens with one attached hydrogen (secondary N) is 2. The zero-order valence-corrected chi connectivity index (χ0v) is 17.3. The van der Waals surface area contributed by atoms with E-state index in [0.717, 1.165) is 24.0 Å². The molecule has 0 spiro atoms. The van der Waals surface area contributed by atoms with Gasteiger partial charge in [-0.25, -0.2) is 0 Å². The molecule has 23 heavy (non-hydrogen) atoms. The van der Waals surface area contributed by atoms with Crippen LogP contribution in [0.3, 0.4) is 0 Å². The Morgan fingerprint density at radius 1 is 1.39 bits per heavy atom. The third-order valence-corrected chi connectivity index (χ3v) is 4.86. The van der Waals surface area contributed by atoms with Crippen LogP contribution in [0.1, 0.15) is 25.3 Å². The molecule has 0 bridgehead atoms. The Kier molecular flexibility index (Phi) is 9.78. The van der Waals surface area contributed by atoms with Crippen LogP contribution < -0.4 is 15.4 Å². The second kappa shape index (κ2) is 11.0. The van der Waals surface area contributed by atoms with Gasteiger partial charge in [0.25, 0.3) is 0 Å². The van der Waals surface area contributed by atoms with E-state index in [1.54, 1.807) is 0 Å². The topological polar surface area (TPSA) is 45.7 Å². The maximum atomic E-state index is 5.90. The molecule has 130 valence electrons. The van der Waals surface area contributed by atoms with E-state index >= 15 is 0 Å². The number of benzene rings is 1. The Labute approximate surface area is 161 Å². The number of ether oxygens (including phenoxy) is 1. The Morgan fingerprint density at radius 3 is 2.74 bits per heavy atom. The number of aliphatic imine (C=N–C) groups is 1. The maximum absolute atomic E-state index is 5.90. The van der Waals surface area contributed by atoms with Crippen molar-refractivity contribution in [2.75, 3.05) is 25.1 Å². The molecule has 0 aliphatic carbocycles. The predicted molar refractivity (Wildman–Crippen MR) is 112 cm³/mol. The summed E-state index contributed by atoms with van der Waals surface area (Å²) in [5.74, 6) is 4.22. The van der Waals surface area contributed by atoms with Gasteiger partial charge in [-0.2, -0.15) is 11.8 Å². The average Bonchev–Trinajstić information content (AvgIpc) is 2.54. The van der Waals surface area contributed by atoms with Crippen molar-refractivity contribution in [2.45, 2.75) is 38.8 Å². The van der Waals surface area contributed by atoms with Crippen LogP contribution in [0, 0.1) is 6.92 Å². The fourth-order valence-corrected chi connectivity index (χ4v) is 3.45. The number of nitrogens with zero attached hydrogens (tertiary/aromatic N) is 1. The average molecular weight is 449 g/mol. The SMILES string of the molecule is CN=C(NCC(C)Oc1ccc(C)cc1)NC1CCCSC1.I. The molecule has 2 rings (SSSR count). The smallest absolute Gasteiger partial charge is 0.191 e. The van der Waals surface area contributed by atoms with Crippen molar-refractivity contribution in [3.63, 3.8) is 0 Å². The molecule has 1 saturated heterocycles. The zero-order valence-electron chi connectivity index (χ0n) is 14.2. The molecule has 2 N–H and O–H groups in total. The van der Waals surface area contributed by atoms with Crippen molar-refractivity contribution in [3.8, 4) is 5.75 Å². The van der Waals surface area contributed by atoms with Gasteiger partial charge in [-0.3, -0.25) is 4.99 Å². The van der Waals surface area contributed by atoms with Gasteiger partial charge in [0.1, 0.15) is 11.9 Å². The minimum absolute atomic E-state index is 0. The van der Waals surface area contributed by atoms with E-state index in [0.29, 0.717) is 6.04 Å². The summed E-state index contributed by atoms with van der Waals surface area (Å²) in [5, 5.41) is 6.85. The molecular weight excluding hydrogens is 421 g/mol. The number of aryl methyl sites for hydroxylation is 1. The highest BCUT2D eigenvalue weighted by Gasteiger charge is 2.15. The molecule has 0 aromatic heterocycles. The molecule has 2 unspecified atom stereocenters. The number of rotatable bonds is 5. The molecule has 1 fully saturated rings. The van der Waals surface area contributed by atoms with Crippen LogP contribution in [0.4, 0.5) is 0 Å². The van der Waals surface area contributed by atoms with Crippen LogP contribution in [-0.2, 0) is 0 Å². The van der Waals surface area contributed by atoms with Crippen LogP contribution in [0.25, 0.3) is 0 Å². The molecule has 0 amide bonds. The summed E-state index contributed by atoms with van der Waals surface area (Å²) in [6, 6.07) is 8.68. The molecule has 1 aromatic carbocycles. The minimum Gasteiger partial charge on any atom is -0.489 e. The third-order valence-electron chi connectivity index (χ3n) is 3.64. The lowest BCUT2D eigenvalue weighted by Crippen LogP contribution is -2.47. The zero-order chi connectivity index (χ0) is 15.8. The van der Waals surface area contributed by atoms with Gasteiger partial charge in [0.2, 0.25) is 0 Å². The van der Waals surface area contributed by atoms with Crippen molar-refractivity contribution in [1.82, 2.24) is 10.6 Å². The molecule has 1 aliphatic rings. The van der Waals surface area contributed by atoms with E-state index in [2.05, 4.69) is 41.6 Å². The van der Waals surface area contributed by atoms with Crippen molar-refractivity contribution < 1.29 is 4.74 Å². The lowest BCUT2D eigenvalue weighted by molar-refractivity contribution is 0.223. The van der Waals surface area contributed by atoms with E-state index in [9.17, 15) is 0 Å². The van der Waals surface area contributed by atoms with Gasteiger partial charge < -0.3 is 15.4 Å². The normalized spacial score (nSPS) is 19.4. The highest BCUT2D eigenvalue weighted by atomic mass is 127. The highest BCUT2D eigenvalue weighted by molar-refractivity contribution is 14.0. The molecule has 2 atom stereocenters. The van der Waals surface area contributed by atoms with Gasteiger partial charge in [-0.05, 0) is 44.6 Å². The first-order chi connectivity index (χ1) is 10.7. The van der Waals surface area contributed by atoms with Crippen molar-refractivity contribution in [3.05, 3.63) is 29.8 Å². The number of halogens is 1. The molecule has 1 heterocycles. The van der Waals surface area contributed by atoms with Crippen molar-refractivity contribution in [2.24, 2.45) is 4.99 Å². The van der Waals surface area contributed by atoms with Gasteiger partial charge >= 0.3 is 0 Å². The van der Waals surface area contributed by atoms with E-state index in [1.807, 2.05) is 30.9 Å². The first-order valence-corrected chi connectivity index (χ1v) is 9.11. The van der Waals surface area contributed by atoms with Crippen LogP contribution in [0.2, 0.25) is 0 Å². The van der Waals surface area contributed by atoms with Gasteiger partial charge in [0.15, 0.2) is 5.96 Å². The second-order valence-electron chi connectivity index (χ2n) is 5.75. The molecule has 4 nitrogen and oxygen atoms in total. The van der Waals surface area contributed by atoms with Gasteiger partial charge in [-0.1, -0.05) is 17.7 Å². The maximum Gasteiger partial charge on any atom is 0.191 e. The van der Waals surface area contributed by atoms with E-state index in [-0.39, 0.29) is 30.1 Å². The summed E-state index contributed by atoms with van der Waals surface area (Å²) in [6.07, 6.45) is 2.59. The first-order valence-electron chi connectivity index (χ1n) is 7.95. The summed E-state index contributed by atoms with van der Waals surface area (Å²) in [6.45, 7) is 4.87. The second-order valence-corrected chi connectivity index (χ2v) is 6.90. The largest absolute Gasteiger partial charge is 0.489 e. The Morgan fingerprint density at radius 2 is 2.13 bits per heavy atom. The van der Waals surface area contributed by atoms with Gasteiger partial charge in [0, 0.05) is 18.8 Å². The van der Waals surface area contributed by atoms with E-state index < -0.39 is 0 Å². The molecule has 0 saturated carbocycles. The van der Waals surface area contributed by atoms with E-state index in [4.69, 9.17) is 4.74 Å². The van der Waals surface area contributed by atoms with Crippen LogP contribution in [-0.4, -0.2) is 43.2 Å². The monoisotopic (exact) mass is 449 g/mol. The molecule has 1 aliphatic heterocycles. The Balaban J connectivity index is 0.00000264. The minimum atomic E-state index is 0. The number of hydrogen-bond donors (Lipinski definition) is 2. The summed E-state index contributed by atoms with van der Waals surface area (Å²) < 4.78 is 5.90. The highest BCUT2D eigenvalue weighted by Crippen LogP contribution is 2.16. The summed E-state index contributed by atoms with van der Waals surface area (Å²) in [4.78, 5) is 4.30. The van der Waals surface area contributed by atoms with Gasteiger partial charge in [0.05, 0.1) is 6.54 Å². The summed E-state index contributed by atoms with van der Waals surface area (Å²) in [5.41, 5.74) is 1.24. The Hall–Kier alpha value is -0.630. The lowest BCUT2D eigenvalue weighted by atomic mass is 10.2. The first kappa shape index (κ1) is 20.4. The van der Waals surface area contributed by atoms with Crippen LogP contribution in [0.15, 0.2) is 29.3 Å². The Bertz CT molecular complexity index is 475. The van der Waals surface area contributed by atoms with Crippen LogP contribution >= 0.6 is 35.7 Å². The summed E-state index contributed by atoms with van der Waals surface area (Å²) >= 11 is 2.01. The van der Waals surface area contributed by atoms with Crippen LogP contribution in [0.5, 0.6) is 5.75 Å². The third kappa shape index (κ3) is 7.65. The molecular formula is C17H28IN3OS.